The predicted molar refractivity (Wildman–Crippen MR) is 131 cm³/mol. The summed E-state index contributed by atoms with van der Waals surface area (Å²) in [6.07, 6.45) is -8.77. The van der Waals surface area contributed by atoms with Gasteiger partial charge in [0.2, 0.25) is 0 Å². The second kappa shape index (κ2) is 11.0. The molecule has 2 atom stereocenters. The Bertz CT molecular complexity index is 1290. The van der Waals surface area contributed by atoms with E-state index in [9.17, 15) is 31.4 Å². The molecule has 0 aliphatic rings. The quantitative estimate of drug-likeness (QED) is 0.311. The largest absolute Gasteiger partial charge is 0.461 e. The molecule has 0 radical (unpaired) electrons. The van der Waals surface area contributed by atoms with Crippen molar-refractivity contribution in [2.45, 2.75) is 49.4 Å². The van der Waals surface area contributed by atoms with Gasteiger partial charge in [0.15, 0.2) is 0 Å². The topological polar surface area (TPSA) is 76.1 Å². The van der Waals surface area contributed by atoms with E-state index < -0.39 is 45.2 Å². The van der Waals surface area contributed by atoms with Crippen molar-refractivity contribution < 1.29 is 30.9 Å². The van der Waals surface area contributed by atoms with Gasteiger partial charge in [-0.05, 0) is 67.6 Å². The van der Waals surface area contributed by atoms with Crippen molar-refractivity contribution in [2.75, 3.05) is 0 Å². The van der Waals surface area contributed by atoms with Gasteiger partial charge < -0.3 is 4.74 Å². The van der Waals surface area contributed by atoms with Crippen LogP contribution in [0, 0.1) is 17.1 Å². The summed E-state index contributed by atoms with van der Waals surface area (Å²) in [7, 11) is -1.86. The standard InChI is InChI=1S/C27H25F5N2O2S/c1-25(2,37(34)35)17-26(15-18-6-4-3-5-7-18,20-10-8-19(16-33)9-11-20)21-12-22(28)14-23(13-21)36-27(31,32)24(29)30/h3-14,24H,15,17,34H2,1-2H3/t26-,37?/m1/s1. The number of ether oxygens (including phenoxy) is 1. The molecule has 37 heavy (non-hydrogen) atoms. The Morgan fingerprint density at radius 3 is 2.16 bits per heavy atom. The van der Waals surface area contributed by atoms with Crippen molar-refractivity contribution >= 4 is 11.0 Å². The van der Waals surface area contributed by atoms with Gasteiger partial charge in [0.05, 0.1) is 27.4 Å². The summed E-state index contributed by atoms with van der Waals surface area (Å²) in [5.74, 6) is -1.78. The number of hydrogen-bond acceptors (Lipinski definition) is 3. The fourth-order valence-electron chi connectivity index (χ4n) is 4.34. The molecule has 3 aromatic rings. The average Bonchev–Trinajstić information content (AvgIpc) is 2.83. The van der Waals surface area contributed by atoms with Crippen molar-refractivity contribution in [3.63, 3.8) is 0 Å². The van der Waals surface area contributed by atoms with E-state index in [4.69, 9.17) is 5.14 Å². The van der Waals surface area contributed by atoms with Crippen LogP contribution in [0.4, 0.5) is 22.0 Å². The van der Waals surface area contributed by atoms with E-state index in [1.165, 1.54) is 0 Å². The fourth-order valence-corrected chi connectivity index (χ4v) is 4.73. The minimum atomic E-state index is -4.85. The second-order valence-corrected chi connectivity index (χ2v) is 11.0. The molecule has 0 spiro atoms. The number of rotatable bonds is 10. The highest BCUT2D eigenvalue weighted by Gasteiger charge is 2.45. The maximum absolute atomic E-state index is 14.9. The van der Waals surface area contributed by atoms with Gasteiger partial charge >= 0.3 is 12.5 Å². The lowest BCUT2D eigenvalue weighted by molar-refractivity contribution is -0.253. The average molecular weight is 537 g/mol. The molecule has 0 aliphatic carbocycles. The highest BCUT2D eigenvalue weighted by atomic mass is 32.2. The van der Waals surface area contributed by atoms with Crippen molar-refractivity contribution in [2.24, 2.45) is 5.14 Å². The molecule has 0 fully saturated rings. The van der Waals surface area contributed by atoms with Gasteiger partial charge in [-0.3, -0.25) is 5.14 Å². The normalized spacial score (nSPS) is 14.6. The van der Waals surface area contributed by atoms with Crippen LogP contribution in [0.2, 0.25) is 0 Å². The lowest BCUT2D eigenvalue weighted by atomic mass is 9.65. The minimum absolute atomic E-state index is 0.0397. The third-order valence-electron chi connectivity index (χ3n) is 6.12. The van der Waals surface area contributed by atoms with E-state index in [1.807, 2.05) is 18.2 Å². The Morgan fingerprint density at radius 2 is 1.62 bits per heavy atom. The maximum atomic E-state index is 14.9. The summed E-state index contributed by atoms with van der Waals surface area (Å²) >= 11 is 0. The smallest absolute Gasteiger partial charge is 0.428 e. The Morgan fingerprint density at radius 1 is 1.00 bits per heavy atom. The first-order chi connectivity index (χ1) is 17.3. The highest BCUT2D eigenvalue weighted by Crippen LogP contribution is 2.45. The van der Waals surface area contributed by atoms with Gasteiger partial charge in [-0.1, -0.05) is 42.5 Å². The summed E-state index contributed by atoms with van der Waals surface area (Å²) in [6.45, 7) is 3.29. The Balaban J connectivity index is 2.33. The van der Waals surface area contributed by atoms with Crippen LogP contribution in [-0.4, -0.2) is 21.5 Å². The van der Waals surface area contributed by atoms with Crippen LogP contribution < -0.4 is 9.88 Å². The third-order valence-corrected chi connectivity index (χ3v) is 7.35. The molecule has 0 bridgehead atoms. The van der Waals surface area contributed by atoms with Crippen LogP contribution >= 0.6 is 0 Å². The highest BCUT2D eigenvalue weighted by molar-refractivity contribution is 7.84. The van der Waals surface area contributed by atoms with E-state index in [0.29, 0.717) is 17.2 Å². The number of nitrogens with two attached hydrogens (primary N) is 1. The predicted octanol–water partition coefficient (Wildman–Crippen LogP) is 6.25. The maximum Gasteiger partial charge on any atom is 0.461 e. The number of alkyl halides is 4. The van der Waals surface area contributed by atoms with E-state index >= 15 is 0 Å². The van der Waals surface area contributed by atoms with Crippen LogP contribution in [0.3, 0.4) is 0 Å². The third kappa shape index (κ3) is 6.53. The molecule has 10 heteroatoms. The molecule has 0 saturated carbocycles. The van der Waals surface area contributed by atoms with E-state index in [2.05, 4.69) is 4.74 Å². The van der Waals surface area contributed by atoms with Crippen LogP contribution in [0.1, 0.15) is 42.5 Å². The van der Waals surface area contributed by atoms with E-state index in [1.54, 1.807) is 56.3 Å². The number of benzene rings is 3. The van der Waals surface area contributed by atoms with Crippen molar-refractivity contribution in [3.8, 4) is 11.8 Å². The van der Waals surface area contributed by atoms with Crippen LogP contribution in [0.5, 0.6) is 5.75 Å². The first-order valence-corrected chi connectivity index (χ1v) is 12.4. The molecule has 3 aromatic carbocycles. The first-order valence-electron chi connectivity index (χ1n) is 11.2. The summed E-state index contributed by atoms with van der Waals surface area (Å²) in [4.78, 5) is 0. The van der Waals surface area contributed by atoms with Crippen molar-refractivity contribution in [1.29, 1.82) is 5.26 Å². The number of nitriles is 1. The van der Waals surface area contributed by atoms with Gasteiger partial charge in [0.1, 0.15) is 11.6 Å². The van der Waals surface area contributed by atoms with Crippen LogP contribution in [-0.2, 0) is 22.8 Å². The van der Waals surface area contributed by atoms with E-state index in [0.717, 1.165) is 17.7 Å². The van der Waals surface area contributed by atoms with Gasteiger partial charge in [0.25, 0.3) is 0 Å². The Kier molecular flexibility index (Phi) is 8.40. The molecule has 0 heterocycles. The van der Waals surface area contributed by atoms with Crippen LogP contribution in [0.15, 0.2) is 72.8 Å². The molecule has 196 valence electrons. The monoisotopic (exact) mass is 536 g/mol. The molecule has 0 saturated heterocycles. The molecule has 2 N–H and O–H groups in total. The van der Waals surface area contributed by atoms with Gasteiger partial charge in [-0.2, -0.15) is 22.8 Å². The molecule has 4 nitrogen and oxygen atoms in total. The molecule has 0 aromatic heterocycles. The SMILES string of the molecule is CC(C)(C[C@](Cc1ccccc1)(c1ccc(C#N)cc1)c1cc(F)cc(OC(F)(F)C(F)F)c1)S(N)=O. The molecule has 1 unspecified atom stereocenters. The zero-order valence-electron chi connectivity index (χ0n) is 20.1. The summed E-state index contributed by atoms with van der Waals surface area (Å²) in [5.41, 5.74) is 0.549. The summed E-state index contributed by atoms with van der Waals surface area (Å²) < 4.78 is 83.7. The fraction of sp³-hybridized carbons (Fsp3) is 0.296. The molecule has 3 rings (SSSR count). The molecule has 0 amide bonds. The Hall–Kier alpha value is -3.29. The molecular weight excluding hydrogens is 511 g/mol. The zero-order chi connectivity index (χ0) is 27.4. The minimum Gasteiger partial charge on any atom is -0.428 e. The number of nitrogens with zero attached hydrogens (tertiary/aromatic N) is 1. The van der Waals surface area contributed by atoms with Gasteiger partial charge in [-0.25, -0.2) is 8.60 Å². The first kappa shape index (κ1) is 28.3. The lowest BCUT2D eigenvalue weighted by Gasteiger charge is -2.41. The summed E-state index contributed by atoms with van der Waals surface area (Å²) in [5, 5.41) is 15.1. The Labute approximate surface area is 214 Å². The van der Waals surface area contributed by atoms with Crippen molar-refractivity contribution in [1.82, 2.24) is 0 Å². The number of halogens is 5. The molecular formula is C27H25F5N2O2S. The van der Waals surface area contributed by atoms with Gasteiger partial charge in [0, 0.05) is 11.5 Å². The van der Waals surface area contributed by atoms with E-state index in [-0.39, 0.29) is 18.4 Å². The second-order valence-electron chi connectivity index (χ2n) is 9.31. The van der Waals surface area contributed by atoms with Gasteiger partial charge in [-0.15, -0.1) is 0 Å². The van der Waals surface area contributed by atoms with Crippen LogP contribution in [0.25, 0.3) is 0 Å². The summed E-state index contributed by atoms with van der Waals surface area (Å²) in [6, 6.07) is 20.1. The lowest BCUT2D eigenvalue weighted by Crippen LogP contribution is -2.43. The zero-order valence-corrected chi connectivity index (χ0v) is 20.9. The number of hydrogen-bond donors (Lipinski definition) is 1. The van der Waals surface area contributed by atoms with Crippen molar-refractivity contribution in [3.05, 3.63) is 101 Å². The molecule has 0 aliphatic heterocycles.